The summed E-state index contributed by atoms with van der Waals surface area (Å²) in [6.07, 6.45) is -1.33. The van der Waals surface area contributed by atoms with Gasteiger partial charge in [0.05, 0.1) is 0 Å². The van der Waals surface area contributed by atoms with Gasteiger partial charge in [0, 0.05) is 12.2 Å². The molecule has 6 heteroatoms. The zero-order valence-corrected chi connectivity index (χ0v) is 10.6. The molecule has 0 aliphatic rings. The standard InChI is InChI=1S/C12H18F3N3/c1-3-5-6-9-8-10(12(13,14)15)18-11(17-9)16-7-4-2/h8H,3-7H2,1-2H3,(H,16,17,18). The first-order valence-electron chi connectivity index (χ1n) is 6.16. The van der Waals surface area contributed by atoms with Gasteiger partial charge in [-0.1, -0.05) is 20.3 Å². The van der Waals surface area contributed by atoms with Crippen LogP contribution in [0.25, 0.3) is 0 Å². The number of aryl methyl sites for hydroxylation is 1. The van der Waals surface area contributed by atoms with Gasteiger partial charge in [-0.15, -0.1) is 0 Å². The molecular weight excluding hydrogens is 243 g/mol. The monoisotopic (exact) mass is 261 g/mol. The van der Waals surface area contributed by atoms with E-state index in [0.717, 1.165) is 25.3 Å². The smallest absolute Gasteiger partial charge is 0.354 e. The minimum absolute atomic E-state index is 0.0674. The van der Waals surface area contributed by atoms with E-state index in [4.69, 9.17) is 0 Å². The van der Waals surface area contributed by atoms with E-state index in [-0.39, 0.29) is 5.95 Å². The van der Waals surface area contributed by atoms with Crippen LogP contribution in [0.4, 0.5) is 19.1 Å². The molecule has 1 aromatic rings. The van der Waals surface area contributed by atoms with Crippen LogP contribution in [-0.4, -0.2) is 16.5 Å². The van der Waals surface area contributed by atoms with Crippen LogP contribution in [0.1, 0.15) is 44.5 Å². The third kappa shape index (κ3) is 4.50. The minimum atomic E-state index is -4.42. The molecule has 3 nitrogen and oxygen atoms in total. The zero-order chi connectivity index (χ0) is 13.6. The summed E-state index contributed by atoms with van der Waals surface area (Å²) >= 11 is 0. The molecule has 0 radical (unpaired) electrons. The Morgan fingerprint density at radius 2 is 1.89 bits per heavy atom. The van der Waals surface area contributed by atoms with Crippen LogP contribution >= 0.6 is 0 Å². The Labute approximate surface area is 105 Å². The summed E-state index contributed by atoms with van der Waals surface area (Å²) in [6, 6.07) is 1.03. The van der Waals surface area contributed by atoms with Crippen LogP contribution in [0, 0.1) is 0 Å². The summed E-state index contributed by atoms with van der Waals surface area (Å²) in [6.45, 7) is 4.48. The van der Waals surface area contributed by atoms with Crippen molar-refractivity contribution in [3.05, 3.63) is 17.5 Å². The first-order valence-corrected chi connectivity index (χ1v) is 6.16. The largest absolute Gasteiger partial charge is 0.433 e. The molecule has 0 atom stereocenters. The normalized spacial score (nSPS) is 11.6. The summed E-state index contributed by atoms with van der Waals surface area (Å²) in [5, 5.41) is 2.80. The molecule has 1 aromatic heterocycles. The van der Waals surface area contributed by atoms with Crippen molar-refractivity contribution in [1.29, 1.82) is 0 Å². The number of aromatic nitrogens is 2. The van der Waals surface area contributed by atoms with E-state index < -0.39 is 11.9 Å². The fourth-order valence-corrected chi connectivity index (χ4v) is 1.44. The van der Waals surface area contributed by atoms with Crippen LogP contribution in [0.15, 0.2) is 6.07 Å². The lowest BCUT2D eigenvalue weighted by Crippen LogP contribution is -2.14. The quantitative estimate of drug-likeness (QED) is 0.849. The van der Waals surface area contributed by atoms with E-state index in [2.05, 4.69) is 15.3 Å². The third-order valence-corrected chi connectivity index (χ3v) is 2.39. The molecule has 0 aromatic carbocycles. The second kappa shape index (κ2) is 6.56. The SMILES string of the molecule is CCCCc1cc(C(F)(F)F)nc(NCCC)n1. The Hall–Kier alpha value is -1.33. The molecule has 0 aliphatic carbocycles. The fourth-order valence-electron chi connectivity index (χ4n) is 1.44. The van der Waals surface area contributed by atoms with Gasteiger partial charge in [0.1, 0.15) is 5.69 Å². The summed E-state index contributed by atoms with van der Waals surface area (Å²) < 4.78 is 38.0. The van der Waals surface area contributed by atoms with E-state index in [1.807, 2.05) is 13.8 Å². The average Bonchev–Trinajstić information content (AvgIpc) is 2.32. The number of alkyl halides is 3. The van der Waals surface area contributed by atoms with Crippen molar-refractivity contribution >= 4 is 5.95 Å². The van der Waals surface area contributed by atoms with Gasteiger partial charge < -0.3 is 5.32 Å². The number of halogens is 3. The molecule has 1 rings (SSSR count). The maximum Gasteiger partial charge on any atom is 0.433 e. The molecule has 0 saturated heterocycles. The Morgan fingerprint density at radius 3 is 2.44 bits per heavy atom. The van der Waals surface area contributed by atoms with E-state index in [1.165, 1.54) is 0 Å². The zero-order valence-electron chi connectivity index (χ0n) is 10.6. The van der Waals surface area contributed by atoms with Gasteiger partial charge in [0.15, 0.2) is 0 Å². The van der Waals surface area contributed by atoms with Crippen molar-refractivity contribution in [2.24, 2.45) is 0 Å². The molecule has 18 heavy (non-hydrogen) atoms. The maximum absolute atomic E-state index is 12.7. The number of nitrogens with zero attached hydrogens (tertiary/aromatic N) is 2. The van der Waals surface area contributed by atoms with Crippen LogP contribution < -0.4 is 5.32 Å². The van der Waals surface area contributed by atoms with Gasteiger partial charge in [-0.3, -0.25) is 0 Å². The Balaban J connectivity index is 2.96. The molecule has 0 bridgehead atoms. The first kappa shape index (κ1) is 14.7. The predicted molar refractivity (Wildman–Crippen MR) is 64.4 cm³/mol. The maximum atomic E-state index is 12.7. The number of hydrogen-bond acceptors (Lipinski definition) is 3. The molecule has 0 saturated carbocycles. The van der Waals surface area contributed by atoms with Crippen molar-refractivity contribution in [2.75, 3.05) is 11.9 Å². The van der Waals surface area contributed by atoms with E-state index in [1.54, 1.807) is 0 Å². The predicted octanol–water partition coefficient (Wildman–Crippen LogP) is 3.66. The van der Waals surface area contributed by atoms with Crippen molar-refractivity contribution in [1.82, 2.24) is 9.97 Å². The Morgan fingerprint density at radius 1 is 1.17 bits per heavy atom. The molecule has 1 heterocycles. The number of hydrogen-bond donors (Lipinski definition) is 1. The van der Waals surface area contributed by atoms with E-state index in [0.29, 0.717) is 18.7 Å². The molecule has 0 fully saturated rings. The molecule has 0 unspecified atom stereocenters. The highest BCUT2D eigenvalue weighted by atomic mass is 19.4. The summed E-state index contributed by atoms with van der Waals surface area (Å²) in [5.74, 6) is 0.0674. The average molecular weight is 261 g/mol. The van der Waals surface area contributed by atoms with Gasteiger partial charge in [-0.05, 0) is 25.3 Å². The third-order valence-electron chi connectivity index (χ3n) is 2.39. The Bertz CT molecular complexity index is 351. The summed E-state index contributed by atoms with van der Waals surface area (Å²) in [5.41, 5.74) is -0.431. The first-order chi connectivity index (χ1) is 8.47. The second-order valence-corrected chi connectivity index (χ2v) is 4.10. The number of nitrogens with one attached hydrogen (secondary N) is 1. The van der Waals surface area contributed by atoms with Crippen LogP contribution in [0.5, 0.6) is 0 Å². The molecular formula is C12H18F3N3. The molecule has 0 aliphatic heterocycles. The van der Waals surface area contributed by atoms with Gasteiger partial charge in [-0.2, -0.15) is 13.2 Å². The topological polar surface area (TPSA) is 37.8 Å². The van der Waals surface area contributed by atoms with Crippen molar-refractivity contribution in [3.63, 3.8) is 0 Å². The number of anilines is 1. The Kier molecular flexibility index (Phi) is 5.37. The lowest BCUT2D eigenvalue weighted by molar-refractivity contribution is -0.141. The highest BCUT2D eigenvalue weighted by molar-refractivity contribution is 5.29. The second-order valence-electron chi connectivity index (χ2n) is 4.10. The lowest BCUT2D eigenvalue weighted by Gasteiger charge is -2.11. The molecule has 0 spiro atoms. The van der Waals surface area contributed by atoms with Crippen LogP contribution in [0.3, 0.4) is 0 Å². The molecule has 1 N–H and O–H groups in total. The van der Waals surface area contributed by atoms with Crippen LogP contribution in [-0.2, 0) is 12.6 Å². The fraction of sp³-hybridized carbons (Fsp3) is 0.667. The highest BCUT2D eigenvalue weighted by Crippen LogP contribution is 2.28. The summed E-state index contributed by atoms with van der Waals surface area (Å²) in [4.78, 5) is 7.60. The minimum Gasteiger partial charge on any atom is -0.354 e. The van der Waals surface area contributed by atoms with Gasteiger partial charge in [0.2, 0.25) is 5.95 Å². The molecule has 102 valence electrons. The van der Waals surface area contributed by atoms with Crippen molar-refractivity contribution in [3.8, 4) is 0 Å². The number of unbranched alkanes of at least 4 members (excludes halogenated alkanes) is 1. The van der Waals surface area contributed by atoms with Gasteiger partial charge in [-0.25, -0.2) is 9.97 Å². The van der Waals surface area contributed by atoms with E-state index >= 15 is 0 Å². The van der Waals surface area contributed by atoms with E-state index in [9.17, 15) is 13.2 Å². The van der Waals surface area contributed by atoms with Crippen molar-refractivity contribution in [2.45, 2.75) is 45.7 Å². The highest BCUT2D eigenvalue weighted by Gasteiger charge is 2.33. The summed E-state index contributed by atoms with van der Waals surface area (Å²) in [7, 11) is 0. The number of rotatable bonds is 6. The lowest BCUT2D eigenvalue weighted by atomic mass is 10.2. The van der Waals surface area contributed by atoms with Gasteiger partial charge in [0.25, 0.3) is 0 Å². The van der Waals surface area contributed by atoms with Gasteiger partial charge >= 0.3 is 6.18 Å². The van der Waals surface area contributed by atoms with Crippen molar-refractivity contribution < 1.29 is 13.2 Å². The molecule has 0 amide bonds. The van der Waals surface area contributed by atoms with Crippen LogP contribution in [0.2, 0.25) is 0 Å².